The monoisotopic (exact) mass is 668 g/mol. The standard InChI is InChI=1S/C46H32N6/c1-33-5-17-41(18-6-33)51(43-21-9-35(10-22-43)29-39(31-47)49-3)45-25-13-37(14-26-45)38-15-27-46(28-16-38)52(42-19-7-34(2)8-20-42)44-23-11-36(12-24-44)30-40(32-48)50-4/h5-30H,1-2H3/b39-29-,40-30+. The fraction of sp³-hybridized carbons (Fsp3) is 0.0435. The Labute approximate surface area is 304 Å². The predicted molar refractivity (Wildman–Crippen MR) is 211 cm³/mol. The van der Waals surface area contributed by atoms with Crippen LogP contribution in [0, 0.1) is 49.7 Å². The number of benzene rings is 6. The van der Waals surface area contributed by atoms with E-state index >= 15 is 0 Å². The predicted octanol–water partition coefficient (Wildman–Crippen LogP) is 12.5. The van der Waals surface area contributed by atoms with Crippen molar-refractivity contribution in [3.8, 4) is 23.3 Å². The van der Waals surface area contributed by atoms with Crippen molar-refractivity contribution in [1.29, 1.82) is 10.5 Å². The van der Waals surface area contributed by atoms with Gasteiger partial charge in [0.25, 0.3) is 11.4 Å². The highest BCUT2D eigenvalue weighted by Gasteiger charge is 2.15. The van der Waals surface area contributed by atoms with Crippen LogP contribution in [0.1, 0.15) is 22.3 Å². The molecule has 0 saturated carbocycles. The third-order valence-corrected chi connectivity index (χ3v) is 8.55. The maximum absolute atomic E-state index is 9.18. The lowest BCUT2D eigenvalue weighted by molar-refractivity contribution is 1.27. The molecule has 0 saturated heterocycles. The lowest BCUT2D eigenvalue weighted by atomic mass is 10.0. The van der Waals surface area contributed by atoms with Crippen molar-refractivity contribution < 1.29 is 0 Å². The summed E-state index contributed by atoms with van der Waals surface area (Å²) in [5.74, 6) is 0. The molecule has 0 fully saturated rings. The first-order valence-corrected chi connectivity index (χ1v) is 16.5. The van der Waals surface area contributed by atoms with Crippen molar-refractivity contribution in [3.05, 3.63) is 202 Å². The summed E-state index contributed by atoms with van der Waals surface area (Å²) in [6.45, 7) is 18.5. The van der Waals surface area contributed by atoms with Gasteiger partial charge in [-0.3, -0.25) is 0 Å². The van der Waals surface area contributed by atoms with Crippen molar-refractivity contribution in [2.45, 2.75) is 13.8 Å². The molecule has 6 rings (SSSR count). The maximum atomic E-state index is 9.18. The van der Waals surface area contributed by atoms with Gasteiger partial charge in [0.1, 0.15) is 0 Å². The second-order valence-corrected chi connectivity index (χ2v) is 12.1. The second kappa shape index (κ2) is 15.7. The summed E-state index contributed by atoms with van der Waals surface area (Å²) in [5.41, 5.74) is 12.1. The summed E-state index contributed by atoms with van der Waals surface area (Å²) in [6, 6.07) is 53.3. The molecule has 0 heterocycles. The van der Waals surface area contributed by atoms with Gasteiger partial charge in [0.15, 0.2) is 0 Å². The van der Waals surface area contributed by atoms with Gasteiger partial charge in [-0.2, -0.15) is 0 Å². The van der Waals surface area contributed by atoms with Crippen LogP contribution in [0.25, 0.3) is 33.0 Å². The third kappa shape index (κ3) is 7.80. The molecule has 0 N–H and O–H groups in total. The average Bonchev–Trinajstić information content (AvgIpc) is 3.19. The van der Waals surface area contributed by atoms with Crippen LogP contribution >= 0.6 is 0 Å². The molecule has 0 bridgehead atoms. The molecule has 246 valence electrons. The summed E-state index contributed by atoms with van der Waals surface area (Å²) < 4.78 is 0. The summed E-state index contributed by atoms with van der Waals surface area (Å²) >= 11 is 0. The van der Waals surface area contributed by atoms with E-state index in [9.17, 15) is 10.5 Å². The van der Waals surface area contributed by atoms with E-state index in [1.807, 2.05) is 60.7 Å². The molecule has 0 aliphatic carbocycles. The first kappa shape index (κ1) is 34.2. The highest BCUT2D eigenvalue weighted by Crippen LogP contribution is 2.38. The number of rotatable bonds is 9. The summed E-state index contributed by atoms with van der Waals surface area (Å²) in [6.07, 6.45) is 3.18. The van der Waals surface area contributed by atoms with Crippen LogP contribution in [0.3, 0.4) is 0 Å². The van der Waals surface area contributed by atoms with E-state index < -0.39 is 0 Å². The van der Waals surface area contributed by atoms with Crippen molar-refractivity contribution in [1.82, 2.24) is 0 Å². The van der Waals surface area contributed by atoms with E-state index in [-0.39, 0.29) is 11.4 Å². The number of hydrogen-bond donors (Lipinski definition) is 0. The zero-order valence-electron chi connectivity index (χ0n) is 28.7. The normalized spacial score (nSPS) is 11.0. The molecule has 0 unspecified atom stereocenters. The molecule has 6 nitrogen and oxygen atoms in total. The Morgan fingerprint density at radius 2 is 0.692 bits per heavy atom. The van der Waals surface area contributed by atoms with E-state index in [2.05, 4.69) is 130 Å². The first-order chi connectivity index (χ1) is 25.4. The van der Waals surface area contributed by atoms with Gasteiger partial charge in [0.05, 0.1) is 25.3 Å². The van der Waals surface area contributed by atoms with E-state index in [0.717, 1.165) is 56.4 Å². The quantitative estimate of drug-likeness (QED) is 0.114. The van der Waals surface area contributed by atoms with Crippen LogP contribution < -0.4 is 9.80 Å². The Bertz CT molecular complexity index is 2200. The lowest BCUT2D eigenvalue weighted by Crippen LogP contribution is -2.10. The fourth-order valence-corrected chi connectivity index (χ4v) is 5.82. The minimum atomic E-state index is 0.0472. The van der Waals surface area contributed by atoms with E-state index in [1.54, 1.807) is 12.2 Å². The average molecular weight is 669 g/mol. The molecule has 6 aromatic rings. The van der Waals surface area contributed by atoms with Crippen molar-refractivity contribution >= 4 is 46.3 Å². The molecule has 6 heteroatoms. The minimum absolute atomic E-state index is 0.0472. The topological polar surface area (TPSA) is 62.8 Å². The summed E-state index contributed by atoms with van der Waals surface area (Å²) in [7, 11) is 0. The molecular formula is C46H32N6. The van der Waals surface area contributed by atoms with E-state index in [0.29, 0.717) is 0 Å². The van der Waals surface area contributed by atoms with E-state index in [4.69, 9.17) is 13.1 Å². The second-order valence-electron chi connectivity index (χ2n) is 12.1. The van der Waals surface area contributed by atoms with Crippen LogP contribution in [0.2, 0.25) is 0 Å². The van der Waals surface area contributed by atoms with Crippen molar-refractivity contribution in [2.75, 3.05) is 9.80 Å². The van der Waals surface area contributed by atoms with Crippen LogP contribution in [0.15, 0.2) is 157 Å². The van der Waals surface area contributed by atoms with Crippen molar-refractivity contribution in [3.63, 3.8) is 0 Å². The lowest BCUT2D eigenvalue weighted by Gasteiger charge is -2.26. The first-order valence-electron chi connectivity index (χ1n) is 16.5. The number of nitriles is 2. The van der Waals surface area contributed by atoms with Crippen LogP contribution in [-0.2, 0) is 0 Å². The Balaban J connectivity index is 1.30. The molecule has 0 aromatic heterocycles. The Hall–Kier alpha value is -7.64. The Morgan fingerprint density at radius 3 is 0.942 bits per heavy atom. The van der Waals surface area contributed by atoms with Crippen LogP contribution in [0.4, 0.5) is 34.1 Å². The molecular weight excluding hydrogens is 637 g/mol. The number of anilines is 6. The highest BCUT2D eigenvalue weighted by molar-refractivity contribution is 5.81. The largest absolute Gasteiger partial charge is 0.311 e. The SMILES string of the molecule is [C-]#[N+]/C(C#N)=C\c1ccc(N(c2ccc(C)cc2)c2ccc(-c3ccc(N(c4ccc(C)cc4)c4ccc(/C=C(\C#N)[N+]#[C-])cc4)cc3)cc2)cc1. The van der Waals surface area contributed by atoms with Gasteiger partial charge in [-0.05, 0) is 121 Å². The van der Waals surface area contributed by atoms with Gasteiger partial charge in [-0.1, -0.05) is 83.9 Å². The van der Waals surface area contributed by atoms with Gasteiger partial charge in [0, 0.05) is 34.1 Å². The smallest absolute Gasteiger partial charge is 0.262 e. The molecule has 0 radical (unpaired) electrons. The number of nitrogens with zero attached hydrogens (tertiary/aromatic N) is 6. The van der Waals surface area contributed by atoms with Gasteiger partial charge in [-0.15, -0.1) is 0 Å². The number of hydrogen-bond acceptors (Lipinski definition) is 4. The van der Waals surface area contributed by atoms with E-state index in [1.165, 1.54) is 11.1 Å². The fourth-order valence-electron chi connectivity index (χ4n) is 5.82. The zero-order chi connectivity index (χ0) is 36.5. The number of allylic oxidation sites excluding steroid dienone is 2. The summed E-state index contributed by atoms with van der Waals surface area (Å²) in [5, 5.41) is 18.4. The number of aryl methyl sites for hydroxylation is 2. The molecule has 6 aromatic carbocycles. The van der Waals surface area contributed by atoms with Crippen LogP contribution in [-0.4, -0.2) is 0 Å². The van der Waals surface area contributed by atoms with Gasteiger partial charge >= 0.3 is 0 Å². The van der Waals surface area contributed by atoms with Crippen molar-refractivity contribution in [2.24, 2.45) is 0 Å². The molecule has 0 atom stereocenters. The summed E-state index contributed by atoms with van der Waals surface area (Å²) in [4.78, 5) is 10.9. The Kier molecular flexibility index (Phi) is 10.3. The minimum Gasteiger partial charge on any atom is -0.311 e. The molecule has 0 aliphatic rings. The molecule has 0 spiro atoms. The molecule has 52 heavy (non-hydrogen) atoms. The van der Waals surface area contributed by atoms with Gasteiger partial charge in [0.2, 0.25) is 0 Å². The highest BCUT2D eigenvalue weighted by atomic mass is 15.1. The molecule has 0 amide bonds. The van der Waals surface area contributed by atoms with Gasteiger partial charge < -0.3 is 9.80 Å². The maximum Gasteiger partial charge on any atom is 0.262 e. The third-order valence-electron chi connectivity index (χ3n) is 8.55. The van der Waals surface area contributed by atoms with Crippen LogP contribution in [0.5, 0.6) is 0 Å². The Morgan fingerprint density at radius 1 is 0.442 bits per heavy atom. The van der Waals surface area contributed by atoms with Gasteiger partial charge in [-0.25, -0.2) is 20.2 Å². The molecule has 0 aliphatic heterocycles. The zero-order valence-corrected chi connectivity index (χ0v) is 28.7.